The normalized spacial score (nSPS) is 24.0. The third kappa shape index (κ3) is 2.28. The van der Waals surface area contributed by atoms with E-state index in [1.165, 1.54) is 16.9 Å². The van der Waals surface area contributed by atoms with Gasteiger partial charge in [0, 0.05) is 10.2 Å². The van der Waals surface area contributed by atoms with Crippen LogP contribution in [0.3, 0.4) is 0 Å². The standard InChI is InChI=1S/C11H16S/c1-4-6-7-10-8-9(3)12-11(10)5-2/h5-7,9H,2,4,8H2,1,3H3/b7-6-. The van der Waals surface area contributed by atoms with Crippen LogP contribution in [0.4, 0.5) is 0 Å². The fourth-order valence-electron chi connectivity index (χ4n) is 1.33. The van der Waals surface area contributed by atoms with Gasteiger partial charge in [-0.15, -0.1) is 11.8 Å². The lowest BCUT2D eigenvalue weighted by atomic mass is 10.1. The van der Waals surface area contributed by atoms with Crippen molar-refractivity contribution in [3.63, 3.8) is 0 Å². The molecule has 1 rings (SSSR count). The van der Waals surface area contributed by atoms with Crippen molar-refractivity contribution >= 4 is 11.8 Å². The topological polar surface area (TPSA) is 0 Å². The van der Waals surface area contributed by atoms with E-state index in [1.54, 1.807) is 0 Å². The van der Waals surface area contributed by atoms with Crippen molar-refractivity contribution < 1.29 is 0 Å². The lowest BCUT2D eigenvalue weighted by Gasteiger charge is -1.96. The van der Waals surface area contributed by atoms with Crippen molar-refractivity contribution in [3.05, 3.63) is 35.3 Å². The molecular formula is C11H16S. The van der Waals surface area contributed by atoms with Crippen LogP contribution in [-0.2, 0) is 0 Å². The summed E-state index contributed by atoms with van der Waals surface area (Å²) in [5.74, 6) is 0. The van der Waals surface area contributed by atoms with Crippen molar-refractivity contribution in [3.8, 4) is 0 Å². The molecule has 1 aliphatic rings. The summed E-state index contributed by atoms with van der Waals surface area (Å²) < 4.78 is 0. The minimum atomic E-state index is 0.731. The van der Waals surface area contributed by atoms with Crippen LogP contribution < -0.4 is 0 Å². The molecule has 0 N–H and O–H groups in total. The van der Waals surface area contributed by atoms with Crippen molar-refractivity contribution in [2.45, 2.75) is 31.9 Å². The molecule has 0 aromatic heterocycles. The van der Waals surface area contributed by atoms with Crippen LogP contribution in [0.15, 0.2) is 35.3 Å². The molecule has 0 bridgehead atoms. The molecule has 0 radical (unpaired) electrons. The van der Waals surface area contributed by atoms with Gasteiger partial charge in [0.15, 0.2) is 0 Å². The third-order valence-electron chi connectivity index (χ3n) is 1.89. The molecule has 1 atom stereocenters. The first-order valence-corrected chi connectivity index (χ1v) is 5.34. The molecule has 0 nitrogen and oxygen atoms in total. The van der Waals surface area contributed by atoms with Gasteiger partial charge in [0.25, 0.3) is 0 Å². The molecule has 0 aliphatic carbocycles. The zero-order chi connectivity index (χ0) is 8.97. The molecule has 66 valence electrons. The van der Waals surface area contributed by atoms with Crippen molar-refractivity contribution in [1.82, 2.24) is 0 Å². The fourth-order valence-corrected chi connectivity index (χ4v) is 2.43. The van der Waals surface area contributed by atoms with Crippen LogP contribution in [0.5, 0.6) is 0 Å². The highest BCUT2D eigenvalue weighted by atomic mass is 32.2. The summed E-state index contributed by atoms with van der Waals surface area (Å²) in [5, 5.41) is 0.731. The smallest absolute Gasteiger partial charge is 0.0107 e. The van der Waals surface area contributed by atoms with E-state index in [-0.39, 0.29) is 0 Å². The molecule has 12 heavy (non-hydrogen) atoms. The van der Waals surface area contributed by atoms with Gasteiger partial charge in [-0.05, 0) is 18.4 Å². The first-order chi connectivity index (χ1) is 5.77. The van der Waals surface area contributed by atoms with Gasteiger partial charge in [0.1, 0.15) is 0 Å². The predicted octanol–water partition coefficient (Wildman–Crippen LogP) is 3.92. The Kier molecular flexibility index (Phi) is 3.67. The third-order valence-corrected chi connectivity index (χ3v) is 3.14. The molecule has 0 fully saturated rings. The zero-order valence-corrected chi connectivity index (χ0v) is 8.66. The van der Waals surface area contributed by atoms with E-state index in [0.29, 0.717) is 0 Å². The minimum absolute atomic E-state index is 0.731. The van der Waals surface area contributed by atoms with Gasteiger partial charge in [-0.2, -0.15) is 0 Å². The van der Waals surface area contributed by atoms with E-state index in [9.17, 15) is 0 Å². The molecular weight excluding hydrogens is 164 g/mol. The summed E-state index contributed by atoms with van der Waals surface area (Å²) in [7, 11) is 0. The van der Waals surface area contributed by atoms with Gasteiger partial charge in [-0.3, -0.25) is 0 Å². The Morgan fingerprint density at radius 3 is 3.00 bits per heavy atom. The van der Waals surface area contributed by atoms with Gasteiger partial charge < -0.3 is 0 Å². The van der Waals surface area contributed by atoms with Crippen LogP contribution in [0.1, 0.15) is 26.7 Å². The number of hydrogen-bond acceptors (Lipinski definition) is 1. The van der Waals surface area contributed by atoms with Gasteiger partial charge in [0.2, 0.25) is 0 Å². The Bertz CT molecular complexity index is 223. The lowest BCUT2D eigenvalue weighted by Crippen LogP contribution is -1.87. The average Bonchev–Trinajstić information content (AvgIpc) is 2.42. The van der Waals surface area contributed by atoms with Gasteiger partial charge >= 0.3 is 0 Å². The van der Waals surface area contributed by atoms with E-state index in [4.69, 9.17) is 0 Å². The maximum absolute atomic E-state index is 3.82. The summed E-state index contributed by atoms with van der Waals surface area (Å²) in [4.78, 5) is 1.37. The zero-order valence-electron chi connectivity index (χ0n) is 7.84. The molecule has 0 aromatic carbocycles. The summed E-state index contributed by atoms with van der Waals surface area (Å²) in [5.41, 5.74) is 1.46. The Hall–Kier alpha value is -0.430. The molecule has 0 spiro atoms. The Morgan fingerprint density at radius 1 is 1.67 bits per heavy atom. The van der Waals surface area contributed by atoms with Crippen LogP contribution >= 0.6 is 11.8 Å². The second-order valence-corrected chi connectivity index (χ2v) is 4.52. The van der Waals surface area contributed by atoms with E-state index in [0.717, 1.165) is 11.7 Å². The minimum Gasteiger partial charge on any atom is -0.122 e. The predicted molar refractivity (Wildman–Crippen MR) is 58.3 cm³/mol. The highest BCUT2D eigenvalue weighted by Crippen LogP contribution is 2.38. The molecule has 1 heterocycles. The molecule has 0 saturated carbocycles. The van der Waals surface area contributed by atoms with Gasteiger partial charge in [-0.1, -0.05) is 38.7 Å². The maximum atomic E-state index is 3.82. The quantitative estimate of drug-likeness (QED) is 0.634. The molecule has 1 heteroatoms. The second kappa shape index (κ2) is 4.56. The molecule has 1 aliphatic heterocycles. The van der Waals surface area contributed by atoms with E-state index in [2.05, 4.69) is 32.6 Å². The highest BCUT2D eigenvalue weighted by Gasteiger charge is 2.17. The molecule has 0 saturated heterocycles. The number of hydrogen-bond donors (Lipinski definition) is 0. The fraction of sp³-hybridized carbons (Fsp3) is 0.455. The first-order valence-electron chi connectivity index (χ1n) is 4.46. The summed E-state index contributed by atoms with van der Waals surface area (Å²) in [6.45, 7) is 8.25. The number of allylic oxidation sites excluding steroid dienone is 4. The summed E-state index contributed by atoms with van der Waals surface area (Å²) in [6, 6.07) is 0. The molecule has 1 unspecified atom stereocenters. The Labute approximate surface area is 79.4 Å². The van der Waals surface area contributed by atoms with E-state index in [1.807, 2.05) is 17.8 Å². The van der Waals surface area contributed by atoms with Gasteiger partial charge in [-0.25, -0.2) is 0 Å². The highest BCUT2D eigenvalue weighted by molar-refractivity contribution is 8.04. The van der Waals surface area contributed by atoms with Crippen molar-refractivity contribution in [2.24, 2.45) is 0 Å². The maximum Gasteiger partial charge on any atom is 0.0107 e. The van der Waals surface area contributed by atoms with Crippen LogP contribution in [0.25, 0.3) is 0 Å². The summed E-state index contributed by atoms with van der Waals surface area (Å²) >= 11 is 1.93. The van der Waals surface area contributed by atoms with Crippen molar-refractivity contribution in [1.29, 1.82) is 0 Å². The SMILES string of the molecule is C=CC1=C(/C=C\CC)CC(C)S1. The van der Waals surface area contributed by atoms with E-state index < -0.39 is 0 Å². The van der Waals surface area contributed by atoms with Crippen LogP contribution in [0, 0.1) is 0 Å². The monoisotopic (exact) mass is 180 g/mol. The number of thioether (sulfide) groups is 1. The summed E-state index contributed by atoms with van der Waals surface area (Å²) in [6.07, 6.45) is 8.75. The van der Waals surface area contributed by atoms with Gasteiger partial charge in [0.05, 0.1) is 0 Å². The van der Waals surface area contributed by atoms with Crippen LogP contribution in [0.2, 0.25) is 0 Å². The largest absolute Gasteiger partial charge is 0.122 e. The van der Waals surface area contributed by atoms with Crippen molar-refractivity contribution in [2.75, 3.05) is 0 Å². The second-order valence-electron chi connectivity index (χ2n) is 3.04. The van der Waals surface area contributed by atoms with E-state index >= 15 is 0 Å². The Morgan fingerprint density at radius 2 is 2.42 bits per heavy atom. The van der Waals surface area contributed by atoms with Crippen LogP contribution in [-0.4, -0.2) is 5.25 Å². The lowest BCUT2D eigenvalue weighted by molar-refractivity contribution is 0.967. The average molecular weight is 180 g/mol. The first kappa shape index (κ1) is 9.66. The number of rotatable bonds is 3. The molecule has 0 aromatic rings. The molecule has 0 amide bonds. The Balaban J connectivity index is 2.71.